The van der Waals surface area contributed by atoms with E-state index in [-0.39, 0.29) is 21.2 Å². The Morgan fingerprint density at radius 1 is 1.00 bits per heavy atom. The number of halogens is 2. The number of carbonyl (C=O) groups excluding carboxylic acids is 1. The highest BCUT2D eigenvalue weighted by Crippen LogP contribution is 2.26. The largest absolute Gasteiger partial charge is 0.322 e. The molecule has 0 aliphatic carbocycles. The van der Waals surface area contributed by atoms with E-state index in [4.69, 9.17) is 11.6 Å². The van der Waals surface area contributed by atoms with Gasteiger partial charge >= 0.3 is 0 Å². The lowest BCUT2D eigenvalue weighted by Gasteiger charge is -2.20. The Balaban J connectivity index is 1.93. The molecule has 0 unspecified atom stereocenters. The maximum Gasteiger partial charge on any atom is 0.264 e. The van der Waals surface area contributed by atoms with Crippen molar-refractivity contribution in [3.05, 3.63) is 89.2 Å². The number of benzene rings is 3. The third-order valence-corrected chi connectivity index (χ3v) is 6.17. The summed E-state index contributed by atoms with van der Waals surface area (Å²) in [6, 6.07) is 17.7. The molecule has 0 aliphatic heterocycles. The summed E-state index contributed by atoms with van der Waals surface area (Å²) in [5.74, 6) is -1.00. The molecule has 0 fully saturated rings. The van der Waals surface area contributed by atoms with Crippen molar-refractivity contribution in [3.63, 3.8) is 0 Å². The van der Waals surface area contributed by atoms with Crippen LogP contribution < -0.4 is 9.62 Å². The molecule has 0 aromatic heterocycles. The summed E-state index contributed by atoms with van der Waals surface area (Å²) in [6.45, 7) is 0. The minimum absolute atomic E-state index is 0.0269. The van der Waals surface area contributed by atoms with Crippen molar-refractivity contribution in [2.75, 3.05) is 16.7 Å². The second-order valence-electron chi connectivity index (χ2n) is 5.91. The number of nitrogens with zero attached hydrogens (tertiary/aromatic N) is 1. The van der Waals surface area contributed by atoms with Crippen molar-refractivity contribution in [1.82, 2.24) is 0 Å². The Hall–Kier alpha value is -2.90. The van der Waals surface area contributed by atoms with E-state index >= 15 is 0 Å². The van der Waals surface area contributed by atoms with Gasteiger partial charge < -0.3 is 5.32 Å². The number of sulfonamides is 1. The number of nitrogens with one attached hydrogen (secondary N) is 1. The highest BCUT2D eigenvalue weighted by atomic mass is 35.5. The Morgan fingerprint density at radius 3 is 2.29 bits per heavy atom. The molecule has 144 valence electrons. The molecular weight excluding hydrogens is 403 g/mol. The van der Waals surface area contributed by atoms with Crippen molar-refractivity contribution in [2.24, 2.45) is 0 Å². The van der Waals surface area contributed by atoms with E-state index in [0.717, 1.165) is 4.31 Å². The Bertz CT molecular complexity index is 1100. The molecule has 3 rings (SSSR count). The van der Waals surface area contributed by atoms with Gasteiger partial charge in [0.05, 0.1) is 21.2 Å². The molecule has 3 aromatic rings. The molecule has 0 radical (unpaired) electrons. The minimum atomic E-state index is -3.98. The van der Waals surface area contributed by atoms with Gasteiger partial charge in [0.2, 0.25) is 0 Å². The Labute approximate surface area is 167 Å². The quantitative estimate of drug-likeness (QED) is 0.660. The fraction of sp³-hybridized carbons (Fsp3) is 0.0500. The van der Waals surface area contributed by atoms with Gasteiger partial charge in [-0.3, -0.25) is 9.10 Å². The van der Waals surface area contributed by atoms with Crippen LogP contribution in [0.1, 0.15) is 10.4 Å². The lowest BCUT2D eigenvalue weighted by Crippen LogP contribution is -2.27. The number of amides is 1. The second-order valence-corrected chi connectivity index (χ2v) is 8.29. The van der Waals surface area contributed by atoms with Gasteiger partial charge in [0.1, 0.15) is 5.82 Å². The number of carbonyl (C=O) groups is 1. The van der Waals surface area contributed by atoms with E-state index in [0.29, 0.717) is 5.69 Å². The van der Waals surface area contributed by atoms with Crippen LogP contribution in [0.3, 0.4) is 0 Å². The normalized spacial score (nSPS) is 11.1. The second kappa shape index (κ2) is 8.00. The zero-order valence-electron chi connectivity index (χ0n) is 14.8. The standard InChI is InChI=1S/C20H16ClFN2O3S/c1-24(16-9-7-14(22)8-10-16)28(26,27)17-11-12-19(21)18(13-17)20(25)23-15-5-3-2-4-6-15/h2-13H,1H3,(H,23,25). The summed E-state index contributed by atoms with van der Waals surface area (Å²) in [4.78, 5) is 12.4. The third-order valence-electron chi connectivity index (χ3n) is 4.06. The molecule has 1 amide bonds. The van der Waals surface area contributed by atoms with Crippen LogP contribution in [0.5, 0.6) is 0 Å². The maximum atomic E-state index is 13.1. The molecule has 3 aromatic carbocycles. The van der Waals surface area contributed by atoms with Gasteiger partial charge in [-0.2, -0.15) is 0 Å². The lowest BCUT2D eigenvalue weighted by atomic mass is 10.2. The highest BCUT2D eigenvalue weighted by Gasteiger charge is 2.24. The van der Waals surface area contributed by atoms with Gasteiger partial charge in [0, 0.05) is 12.7 Å². The molecule has 1 N–H and O–H groups in total. The fourth-order valence-electron chi connectivity index (χ4n) is 2.51. The average molecular weight is 419 g/mol. The topological polar surface area (TPSA) is 66.5 Å². The number of hydrogen-bond donors (Lipinski definition) is 1. The van der Waals surface area contributed by atoms with Gasteiger partial charge in [0.25, 0.3) is 15.9 Å². The first-order chi connectivity index (χ1) is 13.3. The minimum Gasteiger partial charge on any atom is -0.322 e. The van der Waals surface area contributed by atoms with Crippen molar-refractivity contribution in [2.45, 2.75) is 4.90 Å². The van der Waals surface area contributed by atoms with Crippen LogP contribution in [0.4, 0.5) is 15.8 Å². The highest BCUT2D eigenvalue weighted by molar-refractivity contribution is 7.92. The first kappa shape index (κ1) is 19.9. The fourth-order valence-corrected chi connectivity index (χ4v) is 3.93. The SMILES string of the molecule is CN(c1ccc(F)cc1)S(=O)(=O)c1ccc(Cl)c(C(=O)Nc2ccccc2)c1. The van der Waals surface area contributed by atoms with E-state index in [9.17, 15) is 17.6 Å². The predicted molar refractivity (Wildman–Crippen MR) is 108 cm³/mol. The van der Waals surface area contributed by atoms with Crippen molar-refractivity contribution < 1.29 is 17.6 Å². The number of rotatable bonds is 5. The zero-order valence-corrected chi connectivity index (χ0v) is 16.3. The van der Waals surface area contributed by atoms with Gasteiger partial charge in [-0.15, -0.1) is 0 Å². The summed E-state index contributed by atoms with van der Waals surface area (Å²) in [6.07, 6.45) is 0. The van der Waals surface area contributed by atoms with E-state index in [1.165, 1.54) is 49.5 Å². The molecule has 5 nitrogen and oxygen atoms in total. The monoisotopic (exact) mass is 418 g/mol. The first-order valence-corrected chi connectivity index (χ1v) is 10.0. The van der Waals surface area contributed by atoms with Crippen LogP contribution in [-0.2, 0) is 10.0 Å². The van der Waals surface area contributed by atoms with Gasteiger partial charge in [-0.05, 0) is 54.6 Å². The smallest absolute Gasteiger partial charge is 0.264 e. The lowest BCUT2D eigenvalue weighted by molar-refractivity contribution is 0.102. The van der Waals surface area contributed by atoms with E-state index < -0.39 is 21.7 Å². The van der Waals surface area contributed by atoms with Crippen LogP contribution >= 0.6 is 11.6 Å². The Morgan fingerprint density at radius 2 is 1.64 bits per heavy atom. The van der Waals surface area contributed by atoms with Crippen molar-refractivity contribution in [1.29, 1.82) is 0 Å². The molecule has 0 heterocycles. The van der Waals surface area contributed by atoms with Crippen molar-refractivity contribution >= 4 is 38.9 Å². The summed E-state index contributed by atoms with van der Waals surface area (Å²) in [5.41, 5.74) is 0.867. The molecular formula is C20H16ClFN2O3S. The predicted octanol–water partition coefficient (Wildman–Crippen LogP) is 4.56. The van der Waals surface area contributed by atoms with E-state index in [1.54, 1.807) is 30.3 Å². The third kappa shape index (κ3) is 4.16. The van der Waals surface area contributed by atoms with Crippen LogP contribution in [0.2, 0.25) is 5.02 Å². The van der Waals surface area contributed by atoms with Crippen LogP contribution in [0.25, 0.3) is 0 Å². The van der Waals surface area contributed by atoms with Crippen LogP contribution in [0, 0.1) is 5.82 Å². The molecule has 0 spiro atoms. The molecule has 28 heavy (non-hydrogen) atoms. The van der Waals surface area contributed by atoms with E-state index in [1.807, 2.05) is 0 Å². The number of anilines is 2. The summed E-state index contributed by atoms with van der Waals surface area (Å²) in [5, 5.41) is 2.79. The molecule has 0 atom stereocenters. The summed E-state index contributed by atoms with van der Waals surface area (Å²) >= 11 is 6.11. The summed E-state index contributed by atoms with van der Waals surface area (Å²) < 4.78 is 40.0. The molecule has 0 saturated heterocycles. The van der Waals surface area contributed by atoms with E-state index in [2.05, 4.69) is 5.32 Å². The number of para-hydroxylation sites is 1. The first-order valence-electron chi connectivity index (χ1n) is 8.19. The van der Waals surface area contributed by atoms with Crippen molar-refractivity contribution in [3.8, 4) is 0 Å². The van der Waals surface area contributed by atoms with Gasteiger partial charge in [-0.25, -0.2) is 12.8 Å². The molecule has 8 heteroatoms. The molecule has 0 saturated carbocycles. The molecule has 0 aliphatic rings. The van der Waals surface area contributed by atoms with Gasteiger partial charge in [-0.1, -0.05) is 29.8 Å². The number of hydrogen-bond acceptors (Lipinski definition) is 3. The average Bonchev–Trinajstić information content (AvgIpc) is 2.69. The van der Waals surface area contributed by atoms with Crippen LogP contribution in [0.15, 0.2) is 77.7 Å². The zero-order chi connectivity index (χ0) is 20.3. The molecule has 0 bridgehead atoms. The summed E-state index contributed by atoms with van der Waals surface area (Å²) in [7, 11) is -2.63. The van der Waals surface area contributed by atoms with Gasteiger partial charge in [0.15, 0.2) is 0 Å². The Kier molecular flexibility index (Phi) is 5.67. The van der Waals surface area contributed by atoms with Crippen LogP contribution in [-0.4, -0.2) is 21.4 Å². The maximum absolute atomic E-state index is 13.1.